The summed E-state index contributed by atoms with van der Waals surface area (Å²) in [5.41, 5.74) is 1.16. The van der Waals surface area contributed by atoms with Crippen LogP contribution in [-0.2, 0) is 0 Å². The summed E-state index contributed by atoms with van der Waals surface area (Å²) in [5.74, 6) is 2.23. The molecule has 0 aromatic carbocycles. The Kier molecular flexibility index (Phi) is 3.63. The second-order valence-electron chi connectivity index (χ2n) is 5.74. The third kappa shape index (κ3) is 2.70. The molecular formula is C15H20N4. The van der Waals surface area contributed by atoms with Crippen LogP contribution in [0.2, 0.25) is 0 Å². The smallest absolute Gasteiger partial charge is 0.151 e. The number of nitrogens with zero attached hydrogens (tertiary/aromatic N) is 4. The average Bonchev–Trinajstić information content (AvgIpc) is 2.39. The molecule has 0 unspecified atom stereocenters. The molecule has 0 spiro atoms. The van der Waals surface area contributed by atoms with E-state index in [9.17, 15) is 0 Å². The summed E-state index contributed by atoms with van der Waals surface area (Å²) in [4.78, 5) is 2.30. The molecule has 0 bridgehead atoms. The first kappa shape index (κ1) is 12.4. The molecule has 1 aromatic rings. The van der Waals surface area contributed by atoms with Gasteiger partial charge in [0.2, 0.25) is 0 Å². The van der Waals surface area contributed by atoms with Crippen molar-refractivity contribution in [3.63, 3.8) is 0 Å². The Morgan fingerprint density at radius 2 is 1.95 bits per heavy atom. The van der Waals surface area contributed by atoms with E-state index in [1.165, 1.54) is 19.3 Å². The Labute approximate surface area is 114 Å². The third-order valence-electron chi connectivity index (χ3n) is 4.51. The van der Waals surface area contributed by atoms with Gasteiger partial charge in [0, 0.05) is 25.4 Å². The maximum atomic E-state index is 8.73. The number of hydrogen-bond acceptors (Lipinski definition) is 4. The van der Waals surface area contributed by atoms with Gasteiger partial charge >= 0.3 is 0 Å². The van der Waals surface area contributed by atoms with E-state index in [1.54, 1.807) is 0 Å². The highest BCUT2D eigenvalue weighted by molar-refractivity contribution is 5.38. The first-order valence-corrected chi connectivity index (χ1v) is 7.32. The average molecular weight is 256 g/mol. The van der Waals surface area contributed by atoms with Gasteiger partial charge in [-0.3, -0.25) is 0 Å². The van der Waals surface area contributed by atoms with Crippen molar-refractivity contribution >= 4 is 5.82 Å². The van der Waals surface area contributed by atoms with Crippen LogP contribution >= 0.6 is 0 Å². The van der Waals surface area contributed by atoms with E-state index in [4.69, 9.17) is 5.26 Å². The molecule has 4 heteroatoms. The molecule has 19 heavy (non-hydrogen) atoms. The quantitative estimate of drug-likeness (QED) is 0.834. The van der Waals surface area contributed by atoms with Gasteiger partial charge in [-0.25, -0.2) is 0 Å². The van der Waals surface area contributed by atoms with Gasteiger partial charge in [-0.15, -0.1) is 5.10 Å². The molecule has 2 aliphatic rings. The van der Waals surface area contributed by atoms with E-state index in [-0.39, 0.29) is 0 Å². The van der Waals surface area contributed by atoms with Crippen molar-refractivity contribution in [3.05, 3.63) is 17.8 Å². The molecule has 1 saturated carbocycles. The fourth-order valence-electron chi connectivity index (χ4n) is 2.92. The Bertz CT molecular complexity index is 450. The van der Waals surface area contributed by atoms with Crippen molar-refractivity contribution in [1.82, 2.24) is 10.2 Å². The van der Waals surface area contributed by atoms with Gasteiger partial charge in [0.15, 0.2) is 5.82 Å². The van der Waals surface area contributed by atoms with E-state index in [0.717, 1.165) is 37.4 Å². The molecule has 0 radical (unpaired) electrons. The van der Waals surface area contributed by atoms with E-state index >= 15 is 0 Å². The van der Waals surface area contributed by atoms with Crippen LogP contribution in [0.3, 0.4) is 0 Å². The van der Waals surface area contributed by atoms with Gasteiger partial charge in [-0.2, -0.15) is 10.4 Å². The van der Waals surface area contributed by atoms with Crippen LogP contribution in [0.15, 0.2) is 12.1 Å². The maximum Gasteiger partial charge on any atom is 0.151 e. The second kappa shape index (κ2) is 5.56. The van der Waals surface area contributed by atoms with E-state index in [1.807, 2.05) is 0 Å². The van der Waals surface area contributed by atoms with Crippen LogP contribution in [-0.4, -0.2) is 23.3 Å². The third-order valence-corrected chi connectivity index (χ3v) is 4.51. The zero-order chi connectivity index (χ0) is 13.1. The van der Waals surface area contributed by atoms with Crippen molar-refractivity contribution in [2.45, 2.75) is 44.4 Å². The lowest BCUT2D eigenvalue weighted by Crippen LogP contribution is -2.34. The van der Waals surface area contributed by atoms with Gasteiger partial charge < -0.3 is 4.90 Å². The molecule has 1 aliphatic heterocycles. The molecular weight excluding hydrogens is 236 g/mol. The SMILES string of the molecule is N#CCC1CCN(c2ccc(C3CCC3)nn2)CC1. The predicted molar refractivity (Wildman–Crippen MR) is 73.8 cm³/mol. The van der Waals surface area contributed by atoms with Crippen molar-refractivity contribution < 1.29 is 0 Å². The molecule has 4 nitrogen and oxygen atoms in total. The first-order valence-electron chi connectivity index (χ1n) is 7.32. The lowest BCUT2D eigenvalue weighted by molar-refractivity contribution is 0.403. The van der Waals surface area contributed by atoms with Crippen LogP contribution in [0.25, 0.3) is 0 Å². The normalized spacial score (nSPS) is 20.9. The van der Waals surface area contributed by atoms with Crippen LogP contribution in [0.5, 0.6) is 0 Å². The molecule has 2 heterocycles. The molecule has 0 N–H and O–H groups in total. The summed E-state index contributed by atoms with van der Waals surface area (Å²) >= 11 is 0. The number of anilines is 1. The predicted octanol–water partition coefficient (Wildman–Crippen LogP) is 2.87. The van der Waals surface area contributed by atoms with Gasteiger partial charge in [-0.05, 0) is 43.7 Å². The van der Waals surface area contributed by atoms with Crippen LogP contribution < -0.4 is 4.90 Å². The number of piperidine rings is 1. The molecule has 1 saturated heterocycles. The van der Waals surface area contributed by atoms with Crippen molar-refractivity contribution in [2.24, 2.45) is 5.92 Å². The van der Waals surface area contributed by atoms with Crippen molar-refractivity contribution in [1.29, 1.82) is 5.26 Å². The lowest BCUT2D eigenvalue weighted by atomic mass is 9.83. The van der Waals surface area contributed by atoms with Gasteiger partial charge in [-0.1, -0.05) is 6.42 Å². The number of nitriles is 1. The minimum atomic E-state index is 0.573. The number of rotatable bonds is 3. The lowest BCUT2D eigenvalue weighted by Gasteiger charge is -2.32. The monoisotopic (exact) mass is 256 g/mol. The molecule has 2 fully saturated rings. The zero-order valence-electron chi connectivity index (χ0n) is 11.3. The zero-order valence-corrected chi connectivity index (χ0v) is 11.3. The second-order valence-corrected chi connectivity index (χ2v) is 5.74. The molecule has 0 atom stereocenters. The molecule has 0 amide bonds. The Morgan fingerprint density at radius 3 is 2.47 bits per heavy atom. The number of aromatic nitrogens is 2. The van der Waals surface area contributed by atoms with Crippen LogP contribution in [0.1, 0.15) is 50.1 Å². The summed E-state index contributed by atoms with van der Waals surface area (Å²) < 4.78 is 0. The van der Waals surface area contributed by atoms with Gasteiger partial charge in [0.1, 0.15) is 0 Å². The van der Waals surface area contributed by atoms with Gasteiger partial charge in [0.05, 0.1) is 11.8 Å². The summed E-state index contributed by atoms with van der Waals surface area (Å²) in [6, 6.07) is 6.54. The minimum Gasteiger partial charge on any atom is -0.355 e. The first-order chi connectivity index (χ1) is 9.36. The number of hydrogen-bond donors (Lipinski definition) is 0. The van der Waals surface area contributed by atoms with Gasteiger partial charge in [0.25, 0.3) is 0 Å². The van der Waals surface area contributed by atoms with Crippen LogP contribution in [0.4, 0.5) is 5.82 Å². The van der Waals surface area contributed by atoms with E-state index in [2.05, 4.69) is 33.3 Å². The van der Waals surface area contributed by atoms with Crippen molar-refractivity contribution in [3.8, 4) is 6.07 Å². The maximum absolute atomic E-state index is 8.73. The fourth-order valence-corrected chi connectivity index (χ4v) is 2.92. The Hall–Kier alpha value is -1.63. The highest BCUT2D eigenvalue weighted by Crippen LogP contribution is 2.35. The van der Waals surface area contributed by atoms with E-state index in [0.29, 0.717) is 18.3 Å². The van der Waals surface area contributed by atoms with E-state index < -0.39 is 0 Å². The standard InChI is InChI=1S/C15H20N4/c16-9-6-12-7-10-19(11-8-12)15-5-4-14(17-18-15)13-2-1-3-13/h4-5,12-13H,1-3,6-8,10-11H2. The Morgan fingerprint density at radius 1 is 1.16 bits per heavy atom. The summed E-state index contributed by atoms with van der Waals surface area (Å²) in [6.07, 6.45) is 6.76. The summed E-state index contributed by atoms with van der Waals surface area (Å²) in [6.45, 7) is 2.01. The van der Waals surface area contributed by atoms with Crippen molar-refractivity contribution in [2.75, 3.05) is 18.0 Å². The molecule has 100 valence electrons. The summed E-state index contributed by atoms with van der Waals surface area (Å²) in [7, 11) is 0. The highest BCUT2D eigenvalue weighted by atomic mass is 15.3. The Balaban J connectivity index is 1.59. The molecule has 1 aliphatic carbocycles. The molecule has 1 aromatic heterocycles. The highest BCUT2D eigenvalue weighted by Gasteiger charge is 2.23. The molecule has 3 rings (SSSR count). The topological polar surface area (TPSA) is 52.8 Å². The fraction of sp³-hybridized carbons (Fsp3) is 0.667. The minimum absolute atomic E-state index is 0.573. The summed E-state index contributed by atoms with van der Waals surface area (Å²) in [5, 5.41) is 17.5. The van der Waals surface area contributed by atoms with Crippen LogP contribution in [0, 0.1) is 17.2 Å². The largest absolute Gasteiger partial charge is 0.355 e.